The van der Waals surface area contributed by atoms with Gasteiger partial charge in [-0.1, -0.05) is 221 Å². The second-order valence-corrected chi connectivity index (χ2v) is 23.7. The molecule has 0 saturated carbocycles. The summed E-state index contributed by atoms with van der Waals surface area (Å²) < 4.78 is 67.4. The molecule has 0 fully saturated rings. The lowest BCUT2D eigenvalue weighted by Gasteiger charge is -2.21. The number of rotatable bonds is 56. The topological polar surface area (TPSA) is 237 Å². The number of carbonyl (C=O) groups is 4. The van der Waals surface area contributed by atoms with Gasteiger partial charge in [-0.05, 0) is 31.6 Å². The van der Waals surface area contributed by atoms with Crippen LogP contribution in [0.5, 0.6) is 0 Å². The van der Waals surface area contributed by atoms with Crippen LogP contribution < -0.4 is 0 Å². The van der Waals surface area contributed by atoms with E-state index in [0.717, 1.165) is 121 Å². The van der Waals surface area contributed by atoms with Crippen molar-refractivity contribution in [2.24, 2.45) is 5.92 Å². The Bertz CT molecular complexity index is 1480. The average molecular weight is 1120 g/mol. The van der Waals surface area contributed by atoms with Gasteiger partial charge in [0.25, 0.3) is 0 Å². The molecule has 444 valence electrons. The Balaban J connectivity index is 5.20. The van der Waals surface area contributed by atoms with E-state index in [9.17, 15) is 43.2 Å². The van der Waals surface area contributed by atoms with Crippen molar-refractivity contribution in [1.82, 2.24) is 0 Å². The molecule has 0 aliphatic carbocycles. The first-order valence-corrected chi connectivity index (χ1v) is 32.6. The summed E-state index contributed by atoms with van der Waals surface area (Å²) in [4.78, 5) is 71.5. The number of hydrogen-bond acceptors (Lipinski definition) is 15. The molecular formula is C56H108O17P2. The molecule has 0 aromatic rings. The lowest BCUT2D eigenvalue weighted by molar-refractivity contribution is -0.161. The Morgan fingerprint density at radius 2 is 0.613 bits per heavy atom. The second kappa shape index (κ2) is 50.3. The molecule has 0 aromatic carbocycles. The van der Waals surface area contributed by atoms with Crippen molar-refractivity contribution in [3.63, 3.8) is 0 Å². The van der Waals surface area contributed by atoms with E-state index in [1.54, 1.807) is 0 Å². The van der Waals surface area contributed by atoms with E-state index in [1.807, 2.05) is 0 Å². The van der Waals surface area contributed by atoms with Crippen LogP contribution in [0.3, 0.4) is 0 Å². The predicted molar refractivity (Wildman–Crippen MR) is 294 cm³/mol. The normalized spacial score (nSPS) is 14.5. The fraction of sp³-hybridized carbons (Fsp3) is 0.929. The third-order valence-corrected chi connectivity index (χ3v) is 14.7. The molecule has 19 heteroatoms. The molecule has 3 N–H and O–H groups in total. The summed E-state index contributed by atoms with van der Waals surface area (Å²) in [6, 6.07) is 0. The molecule has 0 bridgehead atoms. The molecule has 5 atom stereocenters. The van der Waals surface area contributed by atoms with Gasteiger partial charge in [0.05, 0.1) is 26.4 Å². The minimum atomic E-state index is -4.93. The molecule has 0 heterocycles. The highest BCUT2D eigenvalue weighted by Crippen LogP contribution is 2.45. The van der Waals surface area contributed by atoms with Crippen LogP contribution in [-0.2, 0) is 65.4 Å². The largest absolute Gasteiger partial charge is 0.472 e. The smallest absolute Gasteiger partial charge is 0.462 e. The monoisotopic (exact) mass is 1110 g/mol. The van der Waals surface area contributed by atoms with E-state index in [0.29, 0.717) is 25.7 Å². The molecule has 0 rings (SSSR count). The number of phosphoric ester groups is 2. The van der Waals surface area contributed by atoms with Gasteiger partial charge in [0.2, 0.25) is 0 Å². The second-order valence-electron chi connectivity index (χ2n) is 20.8. The fourth-order valence-corrected chi connectivity index (χ4v) is 9.75. The van der Waals surface area contributed by atoms with E-state index in [2.05, 4.69) is 34.6 Å². The molecule has 0 aliphatic heterocycles. The molecule has 0 radical (unpaired) electrons. The number of hydrogen-bond donors (Lipinski definition) is 3. The Morgan fingerprint density at radius 3 is 0.907 bits per heavy atom. The van der Waals surface area contributed by atoms with Crippen LogP contribution in [0.1, 0.15) is 272 Å². The molecule has 17 nitrogen and oxygen atoms in total. The zero-order valence-electron chi connectivity index (χ0n) is 47.7. The quantitative estimate of drug-likeness (QED) is 0.0222. The first kappa shape index (κ1) is 73.1. The zero-order chi connectivity index (χ0) is 55.7. The Kier molecular flexibility index (Phi) is 49.0. The first-order valence-electron chi connectivity index (χ1n) is 29.6. The van der Waals surface area contributed by atoms with Gasteiger partial charge in [-0.25, -0.2) is 9.13 Å². The minimum Gasteiger partial charge on any atom is -0.462 e. The van der Waals surface area contributed by atoms with Crippen molar-refractivity contribution in [2.45, 2.75) is 291 Å². The van der Waals surface area contributed by atoms with Crippen LogP contribution >= 0.6 is 15.6 Å². The number of phosphoric acid groups is 2. The highest BCUT2D eigenvalue weighted by atomic mass is 31.2. The van der Waals surface area contributed by atoms with Crippen LogP contribution in [0.2, 0.25) is 0 Å². The summed E-state index contributed by atoms with van der Waals surface area (Å²) in [6.45, 7) is 7.00. The predicted octanol–water partition coefficient (Wildman–Crippen LogP) is 14.7. The summed E-state index contributed by atoms with van der Waals surface area (Å²) in [7, 11) is -9.86. The first-order chi connectivity index (χ1) is 36.0. The van der Waals surface area contributed by atoms with Gasteiger partial charge in [-0.15, -0.1) is 0 Å². The van der Waals surface area contributed by atoms with Gasteiger partial charge < -0.3 is 33.8 Å². The maximum atomic E-state index is 12.9. The molecule has 0 aliphatic rings. The SMILES string of the molecule is CCCCCCCCCCCCC(=O)OC[C@H](COP(=O)(O)OC[C@@H](O)COP(=O)(O)OC[C@@H](COC(=O)CCCCCCCCC)OC(=O)CCCCCCCCC)OC(=O)CCCCCCCCCCC(C)C. The maximum absolute atomic E-state index is 12.9. The fourth-order valence-electron chi connectivity index (χ4n) is 8.17. The number of unbranched alkanes of at least 4 members (excludes halogenated alkanes) is 28. The summed E-state index contributed by atoms with van der Waals surface area (Å²) in [5.74, 6) is -1.44. The number of carbonyl (C=O) groups excluding carboxylic acids is 4. The summed E-state index contributed by atoms with van der Waals surface area (Å²) >= 11 is 0. The van der Waals surface area contributed by atoms with Crippen LogP contribution in [0.4, 0.5) is 0 Å². The number of aliphatic hydroxyl groups is 1. The lowest BCUT2D eigenvalue weighted by atomic mass is 10.0. The molecule has 75 heavy (non-hydrogen) atoms. The van der Waals surface area contributed by atoms with Crippen molar-refractivity contribution in [3.05, 3.63) is 0 Å². The van der Waals surface area contributed by atoms with Gasteiger partial charge in [-0.2, -0.15) is 0 Å². The number of esters is 4. The van der Waals surface area contributed by atoms with Gasteiger partial charge in [0.1, 0.15) is 19.3 Å². The lowest BCUT2D eigenvalue weighted by Crippen LogP contribution is -2.30. The van der Waals surface area contributed by atoms with Crippen molar-refractivity contribution in [1.29, 1.82) is 0 Å². The van der Waals surface area contributed by atoms with Crippen molar-refractivity contribution < 1.29 is 80.2 Å². The highest BCUT2D eigenvalue weighted by molar-refractivity contribution is 7.47. The minimum absolute atomic E-state index is 0.103. The third kappa shape index (κ3) is 51.3. The average Bonchev–Trinajstić information content (AvgIpc) is 3.37. The van der Waals surface area contributed by atoms with Crippen LogP contribution in [0, 0.1) is 5.92 Å². The van der Waals surface area contributed by atoms with Gasteiger partial charge >= 0.3 is 39.5 Å². The van der Waals surface area contributed by atoms with Crippen LogP contribution in [-0.4, -0.2) is 96.7 Å². The summed E-state index contributed by atoms with van der Waals surface area (Å²) in [6.07, 6.45) is 31.0. The molecule has 0 aromatic heterocycles. The number of aliphatic hydroxyl groups excluding tert-OH is 1. The highest BCUT2D eigenvalue weighted by Gasteiger charge is 2.30. The molecule has 0 spiro atoms. The third-order valence-electron chi connectivity index (χ3n) is 12.8. The molecular weight excluding hydrogens is 1010 g/mol. The Morgan fingerprint density at radius 1 is 0.360 bits per heavy atom. The standard InChI is InChI=1S/C56H108O17P2/c1-6-9-12-15-18-19-20-26-30-35-40-54(59)67-46-52(73-56(61)42-37-32-27-22-21-25-28-33-38-49(4)5)48-71-75(64,65)69-44-50(57)43-68-74(62,63)70-47-51(72-55(60)41-36-31-24-17-14-11-8-3)45-66-53(58)39-34-29-23-16-13-10-7-2/h49-52,57H,6-48H2,1-5H3,(H,62,63)(H,64,65)/t50-,51+,52+/m0/s1. The zero-order valence-corrected chi connectivity index (χ0v) is 49.5. The maximum Gasteiger partial charge on any atom is 0.472 e. The van der Waals surface area contributed by atoms with Gasteiger partial charge in [-0.3, -0.25) is 37.3 Å². The Hall–Kier alpha value is -1.94. The van der Waals surface area contributed by atoms with E-state index in [1.165, 1.54) is 70.6 Å². The van der Waals surface area contributed by atoms with E-state index >= 15 is 0 Å². The van der Waals surface area contributed by atoms with Crippen molar-refractivity contribution >= 4 is 39.5 Å². The van der Waals surface area contributed by atoms with Gasteiger partial charge in [0.15, 0.2) is 12.2 Å². The molecule has 2 unspecified atom stereocenters. The molecule has 0 saturated heterocycles. The van der Waals surface area contributed by atoms with Crippen LogP contribution in [0.15, 0.2) is 0 Å². The molecule has 0 amide bonds. The summed E-state index contributed by atoms with van der Waals surface area (Å²) in [5, 5.41) is 10.5. The van der Waals surface area contributed by atoms with E-state index in [4.69, 9.17) is 37.0 Å². The van der Waals surface area contributed by atoms with Gasteiger partial charge in [0, 0.05) is 25.7 Å². The number of ether oxygens (including phenoxy) is 4. The summed E-state index contributed by atoms with van der Waals surface area (Å²) in [5.41, 5.74) is 0. The van der Waals surface area contributed by atoms with Crippen LogP contribution in [0.25, 0.3) is 0 Å². The van der Waals surface area contributed by atoms with E-state index < -0.39 is 97.5 Å². The van der Waals surface area contributed by atoms with Crippen molar-refractivity contribution in [2.75, 3.05) is 39.6 Å². The van der Waals surface area contributed by atoms with E-state index in [-0.39, 0.29) is 25.7 Å². The Labute approximate surface area is 454 Å². The van der Waals surface area contributed by atoms with Crippen molar-refractivity contribution in [3.8, 4) is 0 Å².